The third-order valence-electron chi connectivity index (χ3n) is 4.85. The quantitative estimate of drug-likeness (QED) is 0.695. The summed E-state index contributed by atoms with van der Waals surface area (Å²) in [7, 11) is 0. The molecule has 0 atom stereocenters. The lowest BCUT2D eigenvalue weighted by Crippen LogP contribution is -2.36. The maximum absolute atomic E-state index is 12.5. The highest BCUT2D eigenvalue weighted by molar-refractivity contribution is 7.22. The topological polar surface area (TPSA) is 71.1 Å². The van der Waals surface area contributed by atoms with Gasteiger partial charge in [0.2, 0.25) is 0 Å². The molecular formula is C21H21N3O2S. The molecule has 0 radical (unpaired) electrons. The van der Waals surface area contributed by atoms with Crippen LogP contribution < -0.4 is 10.6 Å². The number of anilines is 1. The highest BCUT2D eigenvalue weighted by atomic mass is 32.1. The summed E-state index contributed by atoms with van der Waals surface area (Å²) in [5, 5.41) is 6.50. The normalized spacial score (nSPS) is 14.8. The Bertz CT molecular complexity index is 962. The highest BCUT2D eigenvalue weighted by Crippen LogP contribution is 2.27. The number of carbonyl (C=O) groups excluding carboxylic acids is 2. The molecule has 1 saturated carbocycles. The molecule has 1 aliphatic carbocycles. The van der Waals surface area contributed by atoms with Crippen molar-refractivity contribution in [2.45, 2.75) is 38.1 Å². The zero-order valence-electron chi connectivity index (χ0n) is 14.9. The summed E-state index contributed by atoms with van der Waals surface area (Å²) in [5.41, 5.74) is 2.00. The first-order valence-electron chi connectivity index (χ1n) is 9.27. The van der Waals surface area contributed by atoms with Gasteiger partial charge in [-0.2, -0.15) is 0 Å². The van der Waals surface area contributed by atoms with Gasteiger partial charge in [-0.05, 0) is 43.2 Å². The SMILES string of the molecule is O=C(Nc1nc2ccc(C(=O)NC3CCCCC3)cc2s1)c1ccccc1. The van der Waals surface area contributed by atoms with Crippen LogP contribution in [0.1, 0.15) is 52.8 Å². The van der Waals surface area contributed by atoms with E-state index in [1.807, 2.05) is 30.3 Å². The zero-order valence-corrected chi connectivity index (χ0v) is 15.7. The Morgan fingerprint density at radius 1 is 0.926 bits per heavy atom. The number of nitrogens with zero attached hydrogens (tertiary/aromatic N) is 1. The van der Waals surface area contributed by atoms with Crippen molar-refractivity contribution in [1.29, 1.82) is 0 Å². The van der Waals surface area contributed by atoms with Crippen LogP contribution in [-0.4, -0.2) is 22.8 Å². The molecule has 0 aliphatic heterocycles. The molecule has 2 amide bonds. The Labute approximate surface area is 161 Å². The van der Waals surface area contributed by atoms with Gasteiger partial charge >= 0.3 is 0 Å². The van der Waals surface area contributed by atoms with E-state index in [2.05, 4.69) is 15.6 Å². The van der Waals surface area contributed by atoms with E-state index in [1.54, 1.807) is 18.2 Å². The zero-order chi connectivity index (χ0) is 18.6. The van der Waals surface area contributed by atoms with E-state index in [-0.39, 0.29) is 17.9 Å². The number of aromatic nitrogens is 1. The average Bonchev–Trinajstić information content (AvgIpc) is 3.10. The second kappa shape index (κ2) is 7.88. The Balaban J connectivity index is 1.48. The minimum absolute atomic E-state index is 0.0351. The van der Waals surface area contributed by atoms with Gasteiger partial charge in [0.15, 0.2) is 5.13 Å². The first-order valence-corrected chi connectivity index (χ1v) is 10.1. The monoisotopic (exact) mass is 379 g/mol. The third-order valence-corrected chi connectivity index (χ3v) is 5.78. The van der Waals surface area contributed by atoms with E-state index >= 15 is 0 Å². The van der Waals surface area contributed by atoms with Crippen LogP contribution in [-0.2, 0) is 0 Å². The number of benzene rings is 2. The maximum atomic E-state index is 12.5. The lowest BCUT2D eigenvalue weighted by Gasteiger charge is -2.22. The predicted molar refractivity (Wildman–Crippen MR) is 108 cm³/mol. The second-order valence-corrected chi connectivity index (χ2v) is 7.86. The summed E-state index contributed by atoms with van der Waals surface area (Å²) in [4.78, 5) is 29.3. The van der Waals surface area contributed by atoms with Crippen LogP contribution in [0, 0.1) is 0 Å². The lowest BCUT2D eigenvalue weighted by molar-refractivity contribution is 0.0927. The summed E-state index contributed by atoms with van der Waals surface area (Å²) in [6, 6.07) is 14.8. The molecule has 1 aromatic heterocycles. The number of hydrogen-bond acceptors (Lipinski definition) is 4. The second-order valence-electron chi connectivity index (χ2n) is 6.83. The molecular weight excluding hydrogens is 358 g/mol. The van der Waals surface area contributed by atoms with E-state index < -0.39 is 0 Å². The standard InChI is InChI=1S/C21H21N3O2S/c25-19(14-7-3-1-4-8-14)24-21-23-17-12-11-15(13-18(17)27-21)20(26)22-16-9-5-2-6-10-16/h1,3-4,7-8,11-13,16H,2,5-6,9-10H2,(H,22,26)(H,23,24,25). The minimum atomic E-state index is -0.190. The van der Waals surface area contributed by atoms with Gasteiger partial charge in [0.05, 0.1) is 10.2 Å². The number of hydrogen-bond donors (Lipinski definition) is 2. The van der Waals surface area contributed by atoms with Crippen LogP contribution in [0.25, 0.3) is 10.2 Å². The van der Waals surface area contributed by atoms with Crippen molar-refractivity contribution in [1.82, 2.24) is 10.3 Å². The van der Waals surface area contributed by atoms with Crippen LogP contribution in [0.4, 0.5) is 5.13 Å². The van der Waals surface area contributed by atoms with E-state index in [1.165, 1.54) is 30.6 Å². The van der Waals surface area contributed by atoms with E-state index in [0.29, 0.717) is 16.3 Å². The molecule has 1 fully saturated rings. The van der Waals surface area contributed by atoms with Crippen molar-refractivity contribution in [3.8, 4) is 0 Å². The summed E-state index contributed by atoms with van der Waals surface area (Å²) >= 11 is 1.37. The molecule has 2 N–H and O–H groups in total. The van der Waals surface area contributed by atoms with E-state index in [4.69, 9.17) is 0 Å². The van der Waals surface area contributed by atoms with Crippen molar-refractivity contribution in [2.24, 2.45) is 0 Å². The largest absolute Gasteiger partial charge is 0.349 e. The molecule has 1 aliphatic rings. The molecule has 138 valence electrons. The fraction of sp³-hybridized carbons (Fsp3) is 0.286. The molecule has 0 saturated heterocycles. The Kier molecular flexibility index (Phi) is 5.16. The molecule has 27 heavy (non-hydrogen) atoms. The maximum Gasteiger partial charge on any atom is 0.257 e. The molecule has 5 nitrogen and oxygen atoms in total. The Morgan fingerprint density at radius 2 is 1.70 bits per heavy atom. The van der Waals surface area contributed by atoms with Gasteiger partial charge in [0.1, 0.15) is 0 Å². The fourth-order valence-corrected chi connectivity index (χ4v) is 4.29. The third kappa shape index (κ3) is 4.17. The lowest BCUT2D eigenvalue weighted by atomic mass is 9.95. The first kappa shape index (κ1) is 17.7. The number of rotatable bonds is 4. The molecule has 4 rings (SSSR count). The van der Waals surface area contributed by atoms with Crippen LogP contribution in [0.2, 0.25) is 0 Å². The van der Waals surface area contributed by atoms with Gasteiger partial charge in [-0.1, -0.05) is 48.8 Å². The smallest absolute Gasteiger partial charge is 0.257 e. The molecule has 6 heteroatoms. The number of fused-ring (bicyclic) bond motifs is 1. The van der Waals surface area contributed by atoms with E-state index in [0.717, 1.165) is 23.1 Å². The summed E-state index contributed by atoms with van der Waals surface area (Å²) in [5.74, 6) is -0.225. The van der Waals surface area contributed by atoms with Gasteiger partial charge in [0.25, 0.3) is 11.8 Å². The van der Waals surface area contributed by atoms with Crippen molar-refractivity contribution in [2.75, 3.05) is 5.32 Å². The molecule has 2 aromatic carbocycles. The highest BCUT2D eigenvalue weighted by Gasteiger charge is 2.17. The number of amides is 2. The van der Waals surface area contributed by atoms with Crippen molar-refractivity contribution in [3.05, 3.63) is 59.7 Å². The van der Waals surface area contributed by atoms with Crippen LogP contribution in [0.5, 0.6) is 0 Å². The summed E-state index contributed by atoms with van der Waals surface area (Å²) < 4.78 is 0.884. The molecule has 0 bridgehead atoms. The van der Waals surface area contributed by atoms with Crippen molar-refractivity contribution < 1.29 is 9.59 Å². The average molecular weight is 379 g/mol. The van der Waals surface area contributed by atoms with Crippen LogP contribution in [0.15, 0.2) is 48.5 Å². The number of thiazole rings is 1. The van der Waals surface area contributed by atoms with Gasteiger partial charge in [-0.15, -0.1) is 0 Å². The minimum Gasteiger partial charge on any atom is -0.349 e. The summed E-state index contributed by atoms with van der Waals surface area (Å²) in [6.45, 7) is 0. The molecule has 1 heterocycles. The van der Waals surface area contributed by atoms with Crippen molar-refractivity contribution >= 4 is 38.5 Å². The molecule has 3 aromatic rings. The predicted octanol–water partition coefficient (Wildman–Crippen LogP) is 4.61. The Hall–Kier alpha value is -2.73. The fourth-order valence-electron chi connectivity index (χ4n) is 3.39. The Morgan fingerprint density at radius 3 is 2.48 bits per heavy atom. The molecule has 0 spiro atoms. The summed E-state index contributed by atoms with van der Waals surface area (Å²) in [6.07, 6.45) is 5.75. The van der Waals surface area contributed by atoms with Crippen molar-refractivity contribution in [3.63, 3.8) is 0 Å². The number of carbonyl (C=O) groups is 2. The van der Waals surface area contributed by atoms with Gasteiger partial charge < -0.3 is 5.32 Å². The van der Waals surface area contributed by atoms with Gasteiger partial charge in [-0.25, -0.2) is 4.98 Å². The molecule has 0 unspecified atom stereocenters. The van der Waals surface area contributed by atoms with Gasteiger partial charge in [-0.3, -0.25) is 14.9 Å². The van der Waals surface area contributed by atoms with E-state index in [9.17, 15) is 9.59 Å². The van der Waals surface area contributed by atoms with Crippen LogP contribution >= 0.6 is 11.3 Å². The van der Waals surface area contributed by atoms with Crippen LogP contribution in [0.3, 0.4) is 0 Å². The van der Waals surface area contributed by atoms with Gasteiger partial charge in [0, 0.05) is 17.2 Å². The first-order chi connectivity index (χ1) is 13.2. The number of nitrogens with one attached hydrogen (secondary N) is 2.